The maximum absolute atomic E-state index is 12.3. The first kappa shape index (κ1) is 16.3. The SMILES string of the molecule is Cc1cc2occ(CC(=O)Nc3ccc(I)cc3)c2c(C)c1Cl. The smallest absolute Gasteiger partial charge is 0.228 e. The third-order valence-corrected chi connectivity index (χ3v) is 5.07. The highest BCUT2D eigenvalue weighted by Gasteiger charge is 2.15. The van der Waals surface area contributed by atoms with Crippen LogP contribution in [0, 0.1) is 17.4 Å². The van der Waals surface area contributed by atoms with Crippen molar-refractivity contribution in [1.82, 2.24) is 0 Å². The molecular formula is C18H15ClINO2. The van der Waals surface area contributed by atoms with Crippen molar-refractivity contribution in [2.45, 2.75) is 20.3 Å². The van der Waals surface area contributed by atoms with Crippen molar-refractivity contribution in [2.75, 3.05) is 5.32 Å². The maximum Gasteiger partial charge on any atom is 0.228 e. The van der Waals surface area contributed by atoms with E-state index in [4.69, 9.17) is 16.0 Å². The number of aryl methyl sites for hydroxylation is 2. The molecule has 0 aliphatic heterocycles. The molecule has 23 heavy (non-hydrogen) atoms. The van der Waals surface area contributed by atoms with Crippen LogP contribution < -0.4 is 5.32 Å². The molecule has 5 heteroatoms. The number of furan rings is 1. The number of hydrogen-bond donors (Lipinski definition) is 1. The Morgan fingerprint density at radius 2 is 1.96 bits per heavy atom. The molecule has 118 valence electrons. The molecule has 0 bridgehead atoms. The first-order valence-corrected chi connectivity index (χ1v) is 8.62. The van der Waals surface area contributed by atoms with Gasteiger partial charge in [-0.2, -0.15) is 0 Å². The van der Waals surface area contributed by atoms with E-state index in [1.54, 1.807) is 6.26 Å². The molecule has 0 atom stereocenters. The maximum atomic E-state index is 12.3. The number of rotatable bonds is 3. The summed E-state index contributed by atoms with van der Waals surface area (Å²) < 4.78 is 6.72. The van der Waals surface area contributed by atoms with Crippen molar-refractivity contribution in [3.63, 3.8) is 0 Å². The van der Waals surface area contributed by atoms with Gasteiger partial charge in [0, 0.05) is 25.2 Å². The largest absolute Gasteiger partial charge is 0.464 e. The van der Waals surface area contributed by atoms with Crippen molar-refractivity contribution < 1.29 is 9.21 Å². The molecule has 3 nitrogen and oxygen atoms in total. The van der Waals surface area contributed by atoms with Crippen LogP contribution in [0.3, 0.4) is 0 Å². The highest BCUT2D eigenvalue weighted by Crippen LogP contribution is 2.32. The number of hydrogen-bond acceptors (Lipinski definition) is 2. The van der Waals surface area contributed by atoms with E-state index in [0.29, 0.717) is 0 Å². The minimum Gasteiger partial charge on any atom is -0.464 e. The highest BCUT2D eigenvalue weighted by atomic mass is 127. The molecule has 0 aliphatic rings. The van der Waals surface area contributed by atoms with Gasteiger partial charge in [-0.25, -0.2) is 0 Å². The molecule has 1 heterocycles. The number of nitrogens with one attached hydrogen (secondary N) is 1. The van der Waals surface area contributed by atoms with E-state index >= 15 is 0 Å². The van der Waals surface area contributed by atoms with Gasteiger partial charge in [0.2, 0.25) is 5.91 Å². The van der Waals surface area contributed by atoms with Gasteiger partial charge >= 0.3 is 0 Å². The van der Waals surface area contributed by atoms with E-state index in [1.807, 2.05) is 44.2 Å². The Bertz CT molecular complexity index is 884. The van der Waals surface area contributed by atoms with Gasteiger partial charge < -0.3 is 9.73 Å². The molecule has 1 amide bonds. The van der Waals surface area contributed by atoms with E-state index in [0.717, 1.165) is 41.9 Å². The summed E-state index contributed by atoms with van der Waals surface area (Å²) in [4.78, 5) is 12.3. The van der Waals surface area contributed by atoms with Crippen molar-refractivity contribution in [3.8, 4) is 0 Å². The molecule has 0 spiro atoms. The lowest BCUT2D eigenvalue weighted by molar-refractivity contribution is -0.115. The second-order valence-electron chi connectivity index (χ2n) is 5.50. The van der Waals surface area contributed by atoms with E-state index < -0.39 is 0 Å². The normalized spacial score (nSPS) is 11.0. The van der Waals surface area contributed by atoms with Gasteiger partial charge in [-0.05, 0) is 77.9 Å². The van der Waals surface area contributed by atoms with Gasteiger partial charge in [-0.3, -0.25) is 4.79 Å². The van der Waals surface area contributed by atoms with Gasteiger partial charge in [-0.1, -0.05) is 11.6 Å². The summed E-state index contributed by atoms with van der Waals surface area (Å²) in [5.74, 6) is -0.0787. The Labute approximate surface area is 153 Å². The van der Waals surface area contributed by atoms with Crippen molar-refractivity contribution in [3.05, 3.63) is 61.9 Å². The fourth-order valence-corrected chi connectivity index (χ4v) is 3.16. The summed E-state index contributed by atoms with van der Waals surface area (Å²) in [6.45, 7) is 3.90. The molecule has 1 aromatic heterocycles. The van der Waals surface area contributed by atoms with Crippen LogP contribution in [0.25, 0.3) is 11.0 Å². The van der Waals surface area contributed by atoms with Gasteiger partial charge in [0.15, 0.2) is 0 Å². The molecule has 0 radical (unpaired) electrons. The molecule has 0 fully saturated rings. The minimum atomic E-state index is -0.0787. The van der Waals surface area contributed by atoms with Gasteiger partial charge in [0.1, 0.15) is 5.58 Å². The lowest BCUT2D eigenvalue weighted by Crippen LogP contribution is -2.14. The highest BCUT2D eigenvalue weighted by molar-refractivity contribution is 14.1. The Hall–Kier alpha value is -1.53. The second-order valence-corrected chi connectivity index (χ2v) is 7.12. The fraction of sp³-hybridized carbons (Fsp3) is 0.167. The standard InChI is InChI=1S/C18H15ClINO2/c1-10-7-15-17(11(2)18(10)19)12(9-23-15)8-16(22)21-14-5-3-13(20)4-6-14/h3-7,9H,8H2,1-2H3,(H,21,22). The number of halogens is 2. The lowest BCUT2D eigenvalue weighted by Gasteiger charge is -2.07. The number of carbonyl (C=O) groups is 1. The Kier molecular flexibility index (Phi) is 4.64. The molecule has 0 aliphatic carbocycles. The van der Waals surface area contributed by atoms with E-state index in [9.17, 15) is 4.79 Å². The quantitative estimate of drug-likeness (QED) is 0.548. The number of anilines is 1. The monoisotopic (exact) mass is 439 g/mol. The minimum absolute atomic E-state index is 0.0787. The van der Waals surface area contributed by atoms with Crippen LogP contribution in [-0.4, -0.2) is 5.91 Å². The summed E-state index contributed by atoms with van der Waals surface area (Å²) in [5, 5.41) is 4.55. The Balaban J connectivity index is 1.85. The van der Waals surface area contributed by atoms with Crippen molar-refractivity contribution in [1.29, 1.82) is 0 Å². The summed E-state index contributed by atoms with van der Waals surface area (Å²) >= 11 is 8.55. The van der Waals surface area contributed by atoms with Gasteiger partial charge in [-0.15, -0.1) is 0 Å². The number of benzene rings is 2. The Morgan fingerprint density at radius 1 is 1.26 bits per heavy atom. The first-order chi connectivity index (χ1) is 11.0. The lowest BCUT2D eigenvalue weighted by atomic mass is 10.0. The number of fused-ring (bicyclic) bond motifs is 1. The predicted molar refractivity (Wildman–Crippen MR) is 102 cm³/mol. The summed E-state index contributed by atoms with van der Waals surface area (Å²) in [7, 11) is 0. The fourth-order valence-electron chi connectivity index (χ4n) is 2.65. The van der Waals surface area contributed by atoms with Crippen LogP contribution in [0.15, 0.2) is 41.0 Å². The molecule has 3 rings (SSSR count). The van der Waals surface area contributed by atoms with E-state index in [2.05, 4.69) is 27.9 Å². The molecule has 0 unspecified atom stereocenters. The van der Waals surface area contributed by atoms with Crippen LogP contribution in [0.4, 0.5) is 5.69 Å². The van der Waals surface area contributed by atoms with Crippen LogP contribution in [-0.2, 0) is 11.2 Å². The molecular weight excluding hydrogens is 425 g/mol. The van der Waals surface area contributed by atoms with Gasteiger partial charge in [0.25, 0.3) is 0 Å². The molecule has 3 aromatic rings. The molecule has 1 N–H and O–H groups in total. The van der Waals surface area contributed by atoms with Crippen LogP contribution in [0.1, 0.15) is 16.7 Å². The third-order valence-electron chi connectivity index (χ3n) is 3.77. The summed E-state index contributed by atoms with van der Waals surface area (Å²) in [6, 6.07) is 9.59. The molecule has 0 saturated heterocycles. The molecule has 2 aromatic carbocycles. The van der Waals surface area contributed by atoms with Crippen LogP contribution in [0.5, 0.6) is 0 Å². The zero-order valence-electron chi connectivity index (χ0n) is 12.7. The second kappa shape index (κ2) is 6.53. The average Bonchev–Trinajstić information content (AvgIpc) is 2.90. The van der Waals surface area contributed by atoms with Crippen LogP contribution >= 0.6 is 34.2 Å². The summed E-state index contributed by atoms with van der Waals surface area (Å²) in [6.07, 6.45) is 1.89. The number of amides is 1. The average molecular weight is 440 g/mol. The zero-order valence-corrected chi connectivity index (χ0v) is 15.7. The third kappa shape index (κ3) is 3.38. The van der Waals surface area contributed by atoms with Crippen molar-refractivity contribution >= 4 is 56.8 Å². The first-order valence-electron chi connectivity index (χ1n) is 7.17. The molecule has 0 saturated carbocycles. The van der Waals surface area contributed by atoms with Crippen LogP contribution in [0.2, 0.25) is 5.02 Å². The summed E-state index contributed by atoms with van der Waals surface area (Å²) in [5.41, 5.74) is 4.33. The van der Waals surface area contributed by atoms with E-state index in [-0.39, 0.29) is 12.3 Å². The Morgan fingerprint density at radius 3 is 2.65 bits per heavy atom. The number of carbonyl (C=O) groups excluding carboxylic acids is 1. The van der Waals surface area contributed by atoms with E-state index in [1.165, 1.54) is 0 Å². The van der Waals surface area contributed by atoms with Crippen molar-refractivity contribution in [2.24, 2.45) is 0 Å². The predicted octanol–water partition coefficient (Wildman–Crippen LogP) is 5.49. The zero-order chi connectivity index (χ0) is 16.6. The van der Waals surface area contributed by atoms with Gasteiger partial charge in [0.05, 0.1) is 12.7 Å². The topological polar surface area (TPSA) is 42.2 Å².